The Morgan fingerprint density at radius 1 is 1.05 bits per heavy atom. The van der Waals surface area contributed by atoms with Gasteiger partial charge in [0.25, 0.3) is 0 Å². The Hall–Kier alpha value is -3.75. The molecule has 212 valence electrons. The topological polar surface area (TPSA) is 88.6 Å². The van der Waals surface area contributed by atoms with Gasteiger partial charge in [-0.1, -0.05) is 61.8 Å². The number of fused-ring (bicyclic) bond motifs is 2. The van der Waals surface area contributed by atoms with Gasteiger partial charge in [-0.3, -0.25) is 14.4 Å². The van der Waals surface area contributed by atoms with Gasteiger partial charge in [-0.05, 0) is 42.3 Å². The highest BCUT2D eigenvalue weighted by atomic mass is 35.5. The number of aryl methyl sites for hydroxylation is 1. The lowest BCUT2D eigenvalue weighted by atomic mass is 9.82. The lowest BCUT2D eigenvalue weighted by molar-refractivity contribution is -0.144. The normalized spacial score (nSPS) is 15.9. The SMILES string of the molecule is CC(C)C(=O)C1(Oc2ccccc2-c2nc3cccc(Cl)c3s2)CCN(C=O)CC1.O=C1CCc2ccccc2N1. The first-order valence-electron chi connectivity index (χ1n) is 13.7. The molecule has 0 aliphatic carbocycles. The molecule has 0 radical (unpaired) electrons. The number of carbonyl (C=O) groups excluding carboxylic acids is 3. The van der Waals surface area contributed by atoms with Crippen LogP contribution in [-0.4, -0.2) is 46.7 Å². The highest BCUT2D eigenvalue weighted by Gasteiger charge is 2.44. The lowest BCUT2D eigenvalue weighted by Crippen LogP contribution is -2.54. The van der Waals surface area contributed by atoms with Gasteiger partial charge in [0.05, 0.1) is 20.8 Å². The maximum absolute atomic E-state index is 13.2. The molecule has 3 aromatic carbocycles. The van der Waals surface area contributed by atoms with Crippen LogP contribution in [0.15, 0.2) is 66.7 Å². The third-order valence-electron chi connectivity index (χ3n) is 7.43. The standard InChI is InChI=1S/C23H23ClN2O3S.C9H9NO/c1-15(2)21(28)23(10-12-26(14-27)13-11-23)29-19-9-4-3-6-16(19)22-25-18-8-5-7-17(24)20(18)30-22;11-9-6-5-7-3-1-2-4-8(7)10-9/h3-9,14-15H,10-13H2,1-2H3;1-4H,5-6H2,(H,10,11). The fourth-order valence-corrected chi connectivity index (χ4v) is 6.50. The minimum Gasteiger partial charge on any atom is -0.479 e. The van der Waals surface area contributed by atoms with Crippen molar-refractivity contribution in [2.45, 2.75) is 45.1 Å². The predicted molar refractivity (Wildman–Crippen MR) is 164 cm³/mol. The van der Waals surface area contributed by atoms with Gasteiger partial charge in [0, 0.05) is 44.0 Å². The molecule has 2 aliphatic rings. The molecule has 2 amide bonds. The van der Waals surface area contributed by atoms with Crippen LogP contribution in [0.1, 0.15) is 38.7 Å². The molecule has 4 aromatic rings. The summed E-state index contributed by atoms with van der Waals surface area (Å²) in [6, 6.07) is 21.2. The van der Waals surface area contributed by atoms with Crippen molar-refractivity contribution < 1.29 is 19.1 Å². The van der Waals surface area contributed by atoms with Crippen molar-refractivity contribution in [1.29, 1.82) is 0 Å². The zero-order chi connectivity index (χ0) is 29.0. The number of ketones is 1. The second-order valence-electron chi connectivity index (χ2n) is 10.6. The van der Waals surface area contributed by atoms with E-state index in [2.05, 4.69) is 11.4 Å². The minimum absolute atomic E-state index is 0.0650. The van der Waals surface area contributed by atoms with Crippen molar-refractivity contribution in [2.75, 3.05) is 18.4 Å². The molecule has 0 unspecified atom stereocenters. The molecule has 9 heteroatoms. The number of hydrogen-bond acceptors (Lipinski definition) is 6. The zero-order valence-corrected chi connectivity index (χ0v) is 24.6. The lowest BCUT2D eigenvalue weighted by Gasteiger charge is -2.40. The minimum atomic E-state index is -0.946. The monoisotopic (exact) mass is 589 g/mol. The van der Waals surface area contributed by atoms with Crippen molar-refractivity contribution >= 4 is 56.9 Å². The van der Waals surface area contributed by atoms with Crippen LogP contribution >= 0.6 is 22.9 Å². The van der Waals surface area contributed by atoms with Gasteiger partial charge in [-0.25, -0.2) is 4.98 Å². The van der Waals surface area contributed by atoms with E-state index in [0.29, 0.717) is 43.1 Å². The van der Waals surface area contributed by atoms with Crippen molar-refractivity contribution in [3.63, 3.8) is 0 Å². The summed E-state index contributed by atoms with van der Waals surface area (Å²) < 4.78 is 7.44. The van der Waals surface area contributed by atoms with Gasteiger partial charge in [-0.2, -0.15) is 0 Å². The second kappa shape index (κ2) is 12.4. The Kier molecular flexibility index (Phi) is 8.71. The third-order valence-corrected chi connectivity index (χ3v) is 9.00. The van der Waals surface area contributed by atoms with Crippen LogP contribution in [0.25, 0.3) is 20.8 Å². The van der Waals surface area contributed by atoms with Crippen LogP contribution in [0.4, 0.5) is 5.69 Å². The summed E-state index contributed by atoms with van der Waals surface area (Å²) in [6.45, 7) is 4.78. The predicted octanol–water partition coefficient (Wildman–Crippen LogP) is 6.78. The first-order valence-corrected chi connectivity index (χ1v) is 14.9. The molecule has 41 heavy (non-hydrogen) atoms. The van der Waals surface area contributed by atoms with E-state index in [9.17, 15) is 14.4 Å². The summed E-state index contributed by atoms with van der Waals surface area (Å²) in [5.41, 5.74) is 2.95. The van der Waals surface area contributed by atoms with Crippen molar-refractivity contribution in [1.82, 2.24) is 9.88 Å². The molecule has 1 fully saturated rings. The number of nitrogens with one attached hydrogen (secondary N) is 1. The Bertz CT molecular complexity index is 1580. The van der Waals surface area contributed by atoms with E-state index >= 15 is 0 Å². The third kappa shape index (κ3) is 6.29. The maximum atomic E-state index is 13.2. The average Bonchev–Trinajstić information content (AvgIpc) is 3.43. The van der Waals surface area contributed by atoms with E-state index in [1.165, 1.54) is 16.9 Å². The number of likely N-dealkylation sites (tertiary alicyclic amines) is 1. The van der Waals surface area contributed by atoms with Gasteiger partial charge in [0.1, 0.15) is 10.8 Å². The first kappa shape index (κ1) is 28.8. The van der Waals surface area contributed by atoms with E-state index in [1.54, 1.807) is 4.90 Å². The Morgan fingerprint density at radius 3 is 2.51 bits per heavy atom. The number of Topliss-reactive ketones (excluding diaryl/α,β-unsaturated/α-hetero) is 1. The Labute approximate surface area is 248 Å². The summed E-state index contributed by atoms with van der Waals surface area (Å²) in [5, 5.41) is 4.29. The van der Waals surface area contributed by atoms with E-state index in [1.807, 2.05) is 74.5 Å². The number of hydrogen-bond donors (Lipinski definition) is 1. The molecule has 0 bridgehead atoms. The highest BCUT2D eigenvalue weighted by Crippen LogP contribution is 2.41. The molecule has 0 atom stereocenters. The number of halogens is 1. The number of benzene rings is 3. The molecule has 1 aromatic heterocycles. The number of amides is 2. The maximum Gasteiger partial charge on any atom is 0.224 e. The van der Waals surface area contributed by atoms with Crippen LogP contribution in [-0.2, 0) is 20.8 Å². The molecule has 2 aliphatic heterocycles. The fraction of sp³-hybridized carbons (Fsp3) is 0.312. The van der Waals surface area contributed by atoms with Crippen LogP contribution < -0.4 is 10.1 Å². The Morgan fingerprint density at radius 2 is 1.78 bits per heavy atom. The number of piperidine rings is 1. The second-order valence-corrected chi connectivity index (χ2v) is 12.0. The van der Waals surface area contributed by atoms with Crippen LogP contribution in [0.3, 0.4) is 0 Å². The first-order chi connectivity index (χ1) is 19.8. The van der Waals surface area contributed by atoms with E-state index in [4.69, 9.17) is 21.3 Å². The van der Waals surface area contributed by atoms with Gasteiger partial charge in [0.15, 0.2) is 11.4 Å². The molecular weight excluding hydrogens is 558 g/mol. The number of rotatable bonds is 6. The van der Waals surface area contributed by atoms with Crippen molar-refractivity contribution in [2.24, 2.45) is 5.92 Å². The molecule has 1 N–H and O–H groups in total. The van der Waals surface area contributed by atoms with Gasteiger partial charge >= 0.3 is 0 Å². The van der Waals surface area contributed by atoms with Crippen molar-refractivity contribution in [3.05, 3.63) is 77.3 Å². The van der Waals surface area contributed by atoms with E-state index < -0.39 is 5.60 Å². The summed E-state index contributed by atoms with van der Waals surface area (Å²) in [4.78, 5) is 41.7. The van der Waals surface area contributed by atoms with Crippen molar-refractivity contribution in [3.8, 4) is 16.3 Å². The number of anilines is 1. The highest BCUT2D eigenvalue weighted by molar-refractivity contribution is 7.22. The summed E-state index contributed by atoms with van der Waals surface area (Å²) in [6.07, 6.45) is 3.28. The zero-order valence-electron chi connectivity index (χ0n) is 23.1. The number of thiazole rings is 1. The van der Waals surface area contributed by atoms with Crippen LogP contribution in [0.5, 0.6) is 5.75 Å². The average molecular weight is 590 g/mol. The molecule has 0 spiro atoms. The van der Waals surface area contributed by atoms with Crippen LogP contribution in [0, 0.1) is 5.92 Å². The van der Waals surface area contributed by atoms with Crippen LogP contribution in [0.2, 0.25) is 5.02 Å². The van der Waals surface area contributed by atoms with E-state index in [-0.39, 0.29) is 17.6 Å². The number of para-hydroxylation sites is 2. The summed E-state index contributed by atoms with van der Waals surface area (Å²) in [5.74, 6) is 0.654. The molecule has 1 saturated heterocycles. The largest absolute Gasteiger partial charge is 0.479 e. The fourth-order valence-electron chi connectivity index (χ4n) is 5.21. The van der Waals surface area contributed by atoms with Gasteiger partial charge in [0.2, 0.25) is 12.3 Å². The van der Waals surface area contributed by atoms with E-state index in [0.717, 1.165) is 39.3 Å². The summed E-state index contributed by atoms with van der Waals surface area (Å²) in [7, 11) is 0. The Balaban J connectivity index is 0.000000255. The van der Waals surface area contributed by atoms with Gasteiger partial charge < -0.3 is 15.0 Å². The molecule has 7 nitrogen and oxygen atoms in total. The molecule has 0 saturated carbocycles. The quantitative estimate of drug-likeness (QED) is 0.250. The summed E-state index contributed by atoms with van der Waals surface area (Å²) >= 11 is 7.85. The van der Waals surface area contributed by atoms with Gasteiger partial charge in [-0.15, -0.1) is 11.3 Å². The smallest absolute Gasteiger partial charge is 0.224 e. The molecule has 6 rings (SSSR count). The number of carbonyl (C=O) groups is 3. The number of nitrogens with zero attached hydrogens (tertiary/aromatic N) is 2. The number of aromatic nitrogens is 1. The number of ether oxygens (including phenoxy) is 1. The molecular formula is C32H32ClN3O4S. The molecule has 3 heterocycles.